The van der Waals surface area contributed by atoms with E-state index in [9.17, 15) is 14.0 Å². The number of hydrogen-bond acceptors (Lipinski definition) is 3. The molecule has 2 amide bonds. The molecule has 0 aliphatic carbocycles. The van der Waals surface area contributed by atoms with Gasteiger partial charge in [-0.05, 0) is 36.2 Å². The molecule has 0 saturated carbocycles. The van der Waals surface area contributed by atoms with Gasteiger partial charge in [-0.3, -0.25) is 9.59 Å². The normalized spacial score (nSPS) is 11.7. The number of thioether (sulfide) groups is 1. The van der Waals surface area contributed by atoms with Gasteiger partial charge in [0.15, 0.2) is 0 Å². The number of nitrogens with two attached hydrogens (primary N) is 1. The van der Waals surface area contributed by atoms with E-state index in [1.807, 2.05) is 18.2 Å². The van der Waals surface area contributed by atoms with Crippen LogP contribution < -0.4 is 11.1 Å². The van der Waals surface area contributed by atoms with Crippen molar-refractivity contribution in [1.29, 1.82) is 0 Å². The molecule has 0 radical (unpaired) electrons. The molecule has 2 rings (SSSR count). The Morgan fingerprint density at radius 2 is 1.74 bits per heavy atom. The topological polar surface area (TPSA) is 72.2 Å². The van der Waals surface area contributed by atoms with Crippen molar-refractivity contribution >= 4 is 29.3 Å². The highest BCUT2D eigenvalue weighted by atomic mass is 32.2. The predicted molar refractivity (Wildman–Crippen MR) is 90.6 cm³/mol. The molecule has 0 bridgehead atoms. The molecular weight excluding hydrogens is 315 g/mol. The number of halogens is 1. The first-order valence-corrected chi connectivity index (χ1v) is 8.10. The number of rotatable bonds is 7. The third kappa shape index (κ3) is 5.75. The van der Waals surface area contributed by atoms with E-state index < -0.39 is 11.2 Å². The van der Waals surface area contributed by atoms with Gasteiger partial charge < -0.3 is 11.1 Å². The van der Waals surface area contributed by atoms with Gasteiger partial charge in [0.25, 0.3) is 0 Å². The molecule has 3 N–H and O–H groups in total. The Balaban J connectivity index is 1.88. The molecule has 1 atom stereocenters. The maximum absolute atomic E-state index is 12.9. The number of carbonyl (C=O) groups excluding carboxylic acids is 2. The number of para-hydroxylation sites is 1. The van der Waals surface area contributed by atoms with Gasteiger partial charge in [0, 0.05) is 5.69 Å². The van der Waals surface area contributed by atoms with Crippen molar-refractivity contribution < 1.29 is 14.0 Å². The SMILES string of the molecule is NC(=O)[C@H](Cc1ccc(F)cc1)SCC(=O)Nc1ccccc1. The van der Waals surface area contributed by atoms with Gasteiger partial charge in [-0.1, -0.05) is 30.3 Å². The van der Waals surface area contributed by atoms with Crippen LogP contribution in [0.2, 0.25) is 0 Å². The average Bonchev–Trinajstić information content (AvgIpc) is 2.54. The monoisotopic (exact) mass is 332 g/mol. The number of nitrogens with one attached hydrogen (secondary N) is 1. The molecule has 0 spiro atoms. The van der Waals surface area contributed by atoms with Gasteiger partial charge in [-0.2, -0.15) is 0 Å². The first kappa shape index (κ1) is 17.0. The van der Waals surface area contributed by atoms with Crippen LogP contribution in [-0.2, 0) is 16.0 Å². The highest BCUT2D eigenvalue weighted by Crippen LogP contribution is 2.17. The summed E-state index contributed by atoms with van der Waals surface area (Å²) in [7, 11) is 0. The van der Waals surface area contributed by atoms with Gasteiger partial charge in [0.2, 0.25) is 11.8 Å². The zero-order chi connectivity index (χ0) is 16.7. The molecule has 23 heavy (non-hydrogen) atoms. The second-order valence-electron chi connectivity index (χ2n) is 4.95. The summed E-state index contributed by atoms with van der Waals surface area (Å²) in [6, 6.07) is 15.0. The van der Waals surface area contributed by atoms with Crippen LogP contribution in [0.4, 0.5) is 10.1 Å². The number of benzene rings is 2. The molecular formula is C17H17FN2O2S. The Morgan fingerprint density at radius 1 is 1.09 bits per heavy atom. The van der Waals surface area contributed by atoms with E-state index in [2.05, 4.69) is 5.32 Å². The first-order chi connectivity index (χ1) is 11.0. The van der Waals surface area contributed by atoms with Crippen LogP contribution in [0.1, 0.15) is 5.56 Å². The third-order valence-electron chi connectivity index (χ3n) is 3.12. The summed E-state index contributed by atoms with van der Waals surface area (Å²) in [6.07, 6.45) is 0.360. The van der Waals surface area contributed by atoms with Crippen molar-refractivity contribution in [3.8, 4) is 0 Å². The molecule has 6 heteroatoms. The van der Waals surface area contributed by atoms with Crippen molar-refractivity contribution in [2.45, 2.75) is 11.7 Å². The fourth-order valence-corrected chi connectivity index (χ4v) is 2.87. The lowest BCUT2D eigenvalue weighted by atomic mass is 10.1. The fraction of sp³-hybridized carbons (Fsp3) is 0.176. The van der Waals surface area contributed by atoms with E-state index in [1.54, 1.807) is 24.3 Å². The molecule has 2 aromatic carbocycles. The number of hydrogen-bond donors (Lipinski definition) is 2. The van der Waals surface area contributed by atoms with Gasteiger partial charge in [-0.25, -0.2) is 4.39 Å². The Labute approximate surface area is 138 Å². The number of anilines is 1. The minimum Gasteiger partial charge on any atom is -0.369 e. The standard InChI is InChI=1S/C17H17FN2O2S/c18-13-8-6-12(7-9-13)10-15(17(19)22)23-11-16(21)20-14-4-2-1-3-5-14/h1-9,15H,10-11H2,(H2,19,22)(H,20,21)/t15-/m0/s1. The zero-order valence-corrected chi connectivity index (χ0v) is 13.2. The first-order valence-electron chi connectivity index (χ1n) is 7.05. The Kier molecular flexibility index (Phi) is 6.17. The zero-order valence-electron chi connectivity index (χ0n) is 12.4. The molecule has 0 aromatic heterocycles. The van der Waals surface area contributed by atoms with Crippen molar-refractivity contribution in [1.82, 2.24) is 0 Å². The van der Waals surface area contributed by atoms with Crippen molar-refractivity contribution in [3.63, 3.8) is 0 Å². The molecule has 2 aromatic rings. The van der Waals surface area contributed by atoms with Crippen LogP contribution in [0.5, 0.6) is 0 Å². The summed E-state index contributed by atoms with van der Waals surface area (Å²) in [5, 5.41) is 2.21. The van der Waals surface area contributed by atoms with E-state index in [0.29, 0.717) is 12.1 Å². The number of primary amides is 1. The van der Waals surface area contributed by atoms with E-state index in [4.69, 9.17) is 5.73 Å². The fourth-order valence-electron chi connectivity index (χ4n) is 1.97. The van der Waals surface area contributed by atoms with E-state index in [-0.39, 0.29) is 17.5 Å². The molecule has 4 nitrogen and oxygen atoms in total. The Hall–Kier alpha value is -2.34. The smallest absolute Gasteiger partial charge is 0.234 e. The van der Waals surface area contributed by atoms with E-state index in [1.165, 1.54) is 23.9 Å². The second kappa shape index (κ2) is 8.33. The summed E-state index contributed by atoms with van der Waals surface area (Å²) in [5.74, 6) is -0.915. The van der Waals surface area contributed by atoms with Gasteiger partial charge in [-0.15, -0.1) is 11.8 Å². The van der Waals surface area contributed by atoms with Crippen molar-refractivity contribution in [2.75, 3.05) is 11.1 Å². The number of amides is 2. The highest BCUT2D eigenvalue weighted by Gasteiger charge is 2.18. The minimum absolute atomic E-state index is 0.115. The lowest BCUT2D eigenvalue weighted by Gasteiger charge is -2.13. The maximum Gasteiger partial charge on any atom is 0.234 e. The Bertz CT molecular complexity index is 662. The summed E-state index contributed by atoms with van der Waals surface area (Å²) in [5.41, 5.74) is 6.89. The quantitative estimate of drug-likeness (QED) is 0.818. The summed E-state index contributed by atoms with van der Waals surface area (Å²) >= 11 is 1.18. The largest absolute Gasteiger partial charge is 0.369 e. The molecule has 0 fully saturated rings. The molecule has 0 heterocycles. The van der Waals surface area contributed by atoms with Crippen LogP contribution in [0.3, 0.4) is 0 Å². The summed E-state index contributed by atoms with van der Waals surface area (Å²) in [4.78, 5) is 23.4. The van der Waals surface area contributed by atoms with Crippen molar-refractivity contribution in [3.05, 3.63) is 66.0 Å². The maximum atomic E-state index is 12.9. The number of carbonyl (C=O) groups is 2. The van der Waals surface area contributed by atoms with Gasteiger partial charge >= 0.3 is 0 Å². The second-order valence-corrected chi connectivity index (χ2v) is 6.14. The molecule has 0 saturated heterocycles. The Morgan fingerprint density at radius 3 is 2.35 bits per heavy atom. The van der Waals surface area contributed by atoms with Gasteiger partial charge in [0.05, 0.1) is 11.0 Å². The molecule has 0 unspecified atom stereocenters. The average molecular weight is 332 g/mol. The van der Waals surface area contributed by atoms with Crippen LogP contribution in [-0.4, -0.2) is 22.8 Å². The van der Waals surface area contributed by atoms with Crippen LogP contribution >= 0.6 is 11.8 Å². The summed E-state index contributed by atoms with van der Waals surface area (Å²) in [6.45, 7) is 0. The molecule has 0 aliphatic rings. The van der Waals surface area contributed by atoms with Crippen molar-refractivity contribution in [2.24, 2.45) is 5.73 Å². The van der Waals surface area contributed by atoms with E-state index >= 15 is 0 Å². The third-order valence-corrected chi connectivity index (χ3v) is 4.36. The lowest BCUT2D eigenvalue weighted by molar-refractivity contribution is -0.117. The lowest BCUT2D eigenvalue weighted by Crippen LogP contribution is -2.29. The summed E-state index contributed by atoms with van der Waals surface area (Å²) < 4.78 is 12.9. The van der Waals surface area contributed by atoms with Crippen LogP contribution in [0.15, 0.2) is 54.6 Å². The van der Waals surface area contributed by atoms with Crippen LogP contribution in [0, 0.1) is 5.82 Å². The van der Waals surface area contributed by atoms with E-state index in [0.717, 1.165) is 5.56 Å². The molecule has 0 aliphatic heterocycles. The van der Waals surface area contributed by atoms with Gasteiger partial charge in [0.1, 0.15) is 5.82 Å². The highest BCUT2D eigenvalue weighted by molar-refractivity contribution is 8.01. The minimum atomic E-state index is -0.540. The van der Waals surface area contributed by atoms with Crippen LogP contribution in [0.25, 0.3) is 0 Å². The predicted octanol–water partition coefficient (Wildman–Crippen LogP) is 2.59. The molecule has 120 valence electrons.